The molecule has 104 valence electrons. The van der Waals surface area contributed by atoms with Gasteiger partial charge in [-0.3, -0.25) is 4.99 Å². The molecule has 0 fully saturated rings. The van der Waals surface area contributed by atoms with Gasteiger partial charge in [-0.15, -0.1) is 34.2 Å². The van der Waals surface area contributed by atoms with Gasteiger partial charge in [-0.1, -0.05) is 6.92 Å². The molecular weight excluding hydrogens is 343 g/mol. The molecule has 1 rings (SSSR count). The highest BCUT2D eigenvalue weighted by molar-refractivity contribution is 14.0. The van der Waals surface area contributed by atoms with Gasteiger partial charge in [-0.05, 0) is 13.8 Å². The minimum atomic E-state index is 0. The SMILES string of the molecule is CCNC(=NCCn1cnnc1CC)NCC.I. The van der Waals surface area contributed by atoms with Crippen molar-refractivity contribution in [2.24, 2.45) is 4.99 Å². The zero-order valence-electron chi connectivity index (χ0n) is 11.3. The summed E-state index contributed by atoms with van der Waals surface area (Å²) in [5.41, 5.74) is 0. The Hall–Kier alpha value is -0.860. The van der Waals surface area contributed by atoms with E-state index in [0.29, 0.717) is 0 Å². The first-order chi connectivity index (χ1) is 8.31. The van der Waals surface area contributed by atoms with Gasteiger partial charge in [0.05, 0.1) is 6.54 Å². The van der Waals surface area contributed by atoms with Crippen LogP contribution in [0, 0.1) is 0 Å². The number of halogens is 1. The predicted molar refractivity (Wildman–Crippen MR) is 84.5 cm³/mol. The molecule has 0 radical (unpaired) electrons. The van der Waals surface area contributed by atoms with E-state index < -0.39 is 0 Å². The van der Waals surface area contributed by atoms with Gasteiger partial charge in [0.2, 0.25) is 0 Å². The second-order valence-electron chi connectivity index (χ2n) is 3.59. The maximum absolute atomic E-state index is 4.47. The van der Waals surface area contributed by atoms with Crippen LogP contribution in [0.3, 0.4) is 0 Å². The number of guanidine groups is 1. The zero-order chi connectivity index (χ0) is 12.5. The fourth-order valence-electron chi connectivity index (χ4n) is 1.52. The Balaban J connectivity index is 0.00000289. The van der Waals surface area contributed by atoms with Crippen LogP contribution < -0.4 is 10.6 Å². The summed E-state index contributed by atoms with van der Waals surface area (Å²) in [5, 5.41) is 14.3. The van der Waals surface area contributed by atoms with E-state index in [9.17, 15) is 0 Å². The monoisotopic (exact) mass is 366 g/mol. The lowest BCUT2D eigenvalue weighted by Crippen LogP contribution is -2.37. The van der Waals surface area contributed by atoms with Crippen LogP contribution in [0.1, 0.15) is 26.6 Å². The zero-order valence-corrected chi connectivity index (χ0v) is 13.6. The van der Waals surface area contributed by atoms with Crippen molar-refractivity contribution in [2.45, 2.75) is 33.7 Å². The predicted octanol–water partition coefficient (Wildman–Crippen LogP) is 1.03. The van der Waals surface area contributed by atoms with E-state index in [1.54, 1.807) is 6.33 Å². The molecular formula is C11H23IN6. The normalized spacial score (nSPS) is 9.50. The number of aliphatic imine (C=N–C) groups is 1. The van der Waals surface area contributed by atoms with Crippen molar-refractivity contribution in [1.82, 2.24) is 25.4 Å². The molecule has 1 heterocycles. The van der Waals surface area contributed by atoms with Gasteiger partial charge < -0.3 is 15.2 Å². The molecule has 1 aromatic rings. The van der Waals surface area contributed by atoms with E-state index in [1.807, 2.05) is 4.57 Å². The summed E-state index contributed by atoms with van der Waals surface area (Å²) in [6, 6.07) is 0. The molecule has 0 spiro atoms. The average Bonchev–Trinajstić information content (AvgIpc) is 2.77. The Kier molecular flexibility index (Phi) is 9.62. The van der Waals surface area contributed by atoms with E-state index in [0.717, 1.165) is 44.4 Å². The summed E-state index contributed by atoms with van der Waals surface area (Å²) in [7, 11) is 0. The molecule has 0 aliphatic carbocycles. The number of nitrogens with one attached hydrogen (secondary N) is 2. The Bertz CT molecular complexity index is 341. The Morgan fingerprint density at radius 3 is 2.50 bits per heavy atom. The third-order valence-corrected chi connectivity index (χ3v) is 2.31. The lowest BCUT2D eigenvalue weighted by molar-refractivity contribution is 0.662. The van der Waals surface area contributed by atoms with Crippen LogP contribution in [0.15, 0.2) is 11.3 Å². The van der Waals surface area contributed by atoms with Crippen LogP contribution in [0.2, 0.25) is 0 Å². The van der Waals surface area contributed by atoms with Crippen molar-refractivity contribution in [3.63, 3.8) is 0 Å². The van der Waals surface area contributed by atoms with Crippen LogP contribution >= 0.6 is 24.0 Å². The molecule has 7 heteroatoms. The van der Waals surface area contributed by atoms with Crippen LogP contribution in [0.5, 0.6) is 0 Å². The van der Waals surface area contributed by atoms with E-state index in [-0.39, 0.29) is 24.0 Å². The number of hydrogen-bond donors (Lipinski definition) is 2. The fraction of sp³-hybridized carbons (Fsp3) is 0.727. The van der Waals surface area contributed by atoms with E-state index in [1.165, 1.54) is 0 Å². The molecule has 0 atom stereocenters. The molecule has 6 nitrogen and oxygen atoms in total. The first-order valence-corrected chi connectivity index (χ1v) is 6.20. The van der Waals surface area contributed by atoms with Gasteiger partial charge in [0, 0.05) is 26.1 Å². The minimum Gasteiger partial charge on any atom is -0.357 e. The Morgan fingerprint density at radius 2 is 1.94 bits per heavy atom. The van der Waals surface area contributed by atoms with Crippen LogP contribution in [0.25, 0.3) is 0 Å². The summed E-state index contributed by atoms with van der Waals surface area (Å²) in [6.07, 6.45) is 2.66. The van der Waals surface area contributed by atoms with E-state index in [2.05, 4.69) is 46.6 Å². The topological polar surface area (TPSA) is 67.1 Å². The van der Waals surface area contributed by atoms with E-state index in [4.69, 9.17) is 0 Å². The Morgan fingerprint density at radius 1 is 1.28 bits per heavy atom. The molecule has 2 N–H and O–H groups in total. The van der Waals surface area contributed by atoms with Crippen molar-refractivity contribution < 1.29 is 0 Å². The number of rotatable bonds is 6. The molecule has 0 aliphatic heterocycles. The van der Waals surface area contributed by atoms with Crippen molar-refractivity contribution in [3.8, 4) is 0 Å². The van der Waals surface area contributed by atoms with Crippen molar-refractivity contribution in [1.29, 1.82) is 0 Å². The highest BCUT2D eigenvalue weighted by Crippen LogP contribution is 1.95. The van der Waals surface area contributed by atoms with Crippen molar-refractivity contribution >= 4 is 29.9 Å². The van der Waals surface area contributed by atoms with Gasteiger partial charge in [0.25, 0.3) is 0 Å². The molecule has 18 heavy (non-hydrogen) atoms. The number of nitrogens with zero attached hydrogens (tertiary/aromatic N) is 4. The number of hydrogen-bond acceptors (Lipinski definition) is 3. The van der Waals surface area contributed by atoms with Crippen LogP contribution in [-0.2, 0) is 13.0 Å². The lowest BCUT2D eigenvalue weighted by Gasteiger charge is -2.09. The highest BCUT2D eigenvalue weighted by Gasteiger charge is 2.00. The molecule has 0 saturated heterocycles. The summed E-state index contributed by atoms with van der Waals surface area (Å²) in [4.78, 5) is 4.47. The molecule has 1 aromatic heterocycles. The van der Waals surface area contributed by atoms with Crippen LogP contribution in [-0.4, -0.2) is 40.4 Å². The maximum Gasteiger partial charge on any atom is 0.191 e. The van der Waals surface area contributed by atoms with Crippen molar-refractivity contribution in [3.05, 3.63) is 12.2 Å². The number of aromatic nitrogens is 3. The maximum atomic E-state index is 4.47. The third kappa shape index (κ3) is 5.65. The molecule has 0 aliphatic rings. The smallest absolute Gasteiger partial charge is 0.191 e. The Labute approximate surface area is 126 Å². The molecule has 0 unspecified atom stereocenters. The molecule has 0 amide bonds. The fourth-order valence-corrected chi connectivity index (χ4v) is 1.52. The highest BCUT2D eigenvalue weighted by atomic mass is 127. The van der Waals surface area contributed by atoms with Gasteiger partial charge in [0.15, 0.2) is 5.96 Å². The quantitative estimate of drug-likeness (QED) is 0.449. The minimum absolute atomic E-state index is 0. The third-order valence-electron chi connectivity index (χ3n) is 2.31. The van der Waals surface area contributed by atoms with Crippen molar-refractivity contribution in [2.75, 3.05) is 19.6 Å². The molecule has 0 aromatic carbocycles. The largest absolute Gasteiger partial charge is 0.357 e. The van der Waals surface area contributed by atoms with E-state index >= 15 is 0 Å². The average molecular weight is 366 g/mol. The van der Waals surface area contributed by atoms with Crippen LogP contribution in [0.4, 0.5) is 0 Å². The van der Waals surface area contributed by atoms with Gasteiger partial charge in [-0.25, -0.2) is 0 Å². The standard InChI is InChI=1S/C11H22N6.HI/c1-4-10-16-15-9-17(10)8-7-14-11(12-5-2)13-6-3;/h9H,4-8H2,1-3H3,(H2,12,13,14);1H. The summed E-state index contributed by atoms with van der Waals surface area (Å²) < 4.78 is 2.04. The first kappa shape index (κ1) is 17.1. The molecule has 0 saturated carbocycles. The van der Waals surface area contributed by atoms with Gasteiger partial charge >= 0.3 is 0 Å². The van der Waals surface area contributed by atoms with Gasteiger partial charge in [-0.2, -0.15) is 0 Å². The molecule has 0 bridgehead atoms. The second kappa shape index (κ2) is 10.1. The summed E-state index contributed by atoms with van der Waals surface area (Å²) in [5.74, 6) is 1.87. The second-order valence-corrected chi connectivity index (χ2v) is 3.59. The summed E-state index contributed by atoms with van der Waals surface area (Å²) >= 11 is 0. The van der Waals surface area contributed by atoms with Gasteiger partial charge in [0.1, 0.15) is 12.2 Å². The first-order valence-electron chi connectivity index (χ1n) is 6.20. The summed E-state index contributed by atoms with van der Waals surface area (Å²) in [6.45, 7) is 9.48. The number of aryl methyl sites for hydroxylation is 1. The lowest BCUT2D eigenvalue weighted by atomic mass is 10.4.